The molecule has 2 amide bonds. The molecule has 1 aromatic heterocycles. The first-order valence-corrected chi connectivity index (χ1v) is 13.3. The summed E-state index contributed by atoms with van der Waals surface area (Å²) in [5.74, 6) is -1.04. The number of ether oxygens (including phenoxy) is 1. The zero-order chi connectivity index (χ0) is 25.6. The molecule has 0 unspecified atom stereocenters. The van der Waals surface area contributed by atoms with Gasteiger partial charge in [0, 0.05) is 29.6 Å². The largest absolute Gasteiger partial charge is 0.365 e. The summed E-state index contributed by atoms with van der Waals surface area (Å²) >= 11 is 1.60. The quantitative estimate of drug-likeness (QED) is 0.582. The lowest BCUT2D eigenvalue weighted by Crippen LogP contribution is -2.52. The normalized spacial score (nSPS) is 24.2. The van der Waals surface area contributed by atoms with E-state index in [0.717, 1.165) is 16.4 Å². The third-order valence-electron chi connectivity index (χ3n) is 7.05. The number of amides is 2. The number of hydrogen-bond donors (Lipinski definition) is 1. The van der Waals surface area contributed by atoms with Gasteiger partial charge in [0.05, 0.1) is 12.2 Å². The molecular formula is C26H31FN4O4S. The predicted octanol–water partition coefficient (Wildman–Crippen LogP) is 3.07. The number of fused-ring (bicyclic) bond motifs is 1. The van der Waals surface area contributed by atoms with E-state index in [2.05, 4.69) is 17.3 Å². The van der Waals surface area contributed by atoms with Gasteiger partial charge in [0.15, 0.2) is 10.9 Å². The lowest BCUT2D eigenvalue weighted by atomic mass is 10.0. The Kier molecular flexibility index (Phi) is 6.82. The van der Waals surface area contributed by atoms with Gasteiger partial charge >= 0.3 is 0 Å². The molecule has 2 aromatic rings. The molecule has 2 saturated heterocycles. The van der Waals surface area contributed by atoms with Gasteiger partial charge in [-0.2, -0.15) is 0 Å². The fourth-order valence-electron chi connectivity index (χ4n) is 4.93. The molecule has 192 valence electrons. The van der Waals surface area contributed by atoms with Crippen molar-refractivity contribution in [3.8, 4) is 11.3 Å². The van der Waals surface area contributed by atoms with Crippen LogP contribution in [0.4, 0.5) is 9.52 Å². The van der Waals surface area contributed by atoms with Gasteiger partial charge in [0.25, 0.3) is 5.91 Å². The highest BCUT2D eigenvalue weighted by Gasteiger charge is 2.53. The van der Waals surface area contributed by atoms with Crippen molar-refractivity contribution in [1.29, 1.82) is 0 Å². The summed E-state index contributed by atoms with van der Waals surface area (Å²) in [6.07, 6.45) is 0.446. The zero-order valence-corrected chi connectivity index (χ0v) is 21.5. The molecule has 4 atom stereocenters. The van der Waals surface area contributed by atoms with Crippen LogP contribution < -0.4 is 10.2 Å². The Bertz CT molecular complexity index is 1150. The second kappa shape index (κ2) is 9.89. The number of benzene rings is 1. The number of ketones is 1. The van der Waals surface area contributed by atoms with Crippen LogP contribution in [0, 0.1) is 5.92 Å². The maximum atomic E-state index is 14.4. The maximum Gasteiger partial charge on any atom is 0.251 e. The van der Waals surface area contributed by atoms with Gasteiger partial charge in [-0.25, -0.2) is 9.37 Å². The molecule has 36 heavy (non-hydrogen) atoms. The molecule has 5 rings (SSSR count). The highest BCUT2D eigenvalue weighted by molar-refractivity contribution is 7.14. The van der Waals surface area contributed by atoms with Gasteiger partial charge in [-0.1, -0.05) is 26.0 Å². The zero-order valence-electron chi connectivity index (χ0n) is 20.6. The molecule has 3 aliphatic rings. The average Bonchev–Trinajstić information content (AvgIpc) is 3.31. The van der Waals surface area contributed by atoms with E-state index in [4.69, 9.17) is 9.72 Å². The number of aromatic nitrogens is 1. The number of Topliss-reactive ketones (excluding diaryl/α,β-unsaturated/α-hetero) is 1. The molecule has 0 bridgehead atoms. The molecule has 0 spiro atoms. The fourth-order valence-corrected chi connectivity index (χ4v) is 5.80. The van der Waals surface area contributed by atoms with Crippen molar-refractivity contribution in [2.24, 2.45) is 5.92 Å². The van der Waals surface area contributed by atoms with E-state index in [9.17, 15) is 18.8 Å². The maximum absolute atomic E-state index is 14.4. The number of carbonyl (C=O) groups excluding carboxylic acids is 3. The number of rotatable bonds is 8. The van der Waals surface area contributed by atoms with E-state index in [1.54, 1.807) is 23.5 Å². The molecule has 0 radical (unpaired) electrons. The third kappa shape index (κ3) is 4.88. The monoisotopic (exact) mass is 514 g/mol. The molecule has 1 aliphatic carbocycles. The Labute approximate surface area is 213 Å². The van der Waals surface area contributed by atoms with Gasteiger partial charge in [0.2, 0.25) is 5.91 Å². The number of alkyl halides is 1. The van der Waals surface area contributed by atoms with Gasteiger partial charge in [0.1, 0.15) is 31.0 Å². The summed E-state index contributed by atoms with van der Waals surface area (Å²) in [6.45, 7) is 3.49. The van der Waals surface area contributed by atoms with Crippen LogP contribution in [0.25, 0.3) is 11.3 Å². The number of halogens is 1. The fraction of sp³-hybridized carbons (Fsp3) is 0.538. The Balaban J connectivity index is 1.28. The number of anilines is 1. The van der Waals surface area contributed by atoms with Gasteiger partial charge in [-0.3, -0.25) is 14.4 Å². The van der Waals surface area contributed by atoms with E-state index >= 15 is 0 Å². The van der Waals surface area contributed by atoms with E-state index in [1.807, 2.05) is 31.4 Å². The summed E-state index contributed by atoms with van der Waals surface area (Å²) in [6, 6.07) is 5.91. The number of nitrogens with one attached hydrogen (secondary N) is 1. The SMILES string of the molecule is CC(C)C[C@H](NC(=O)c1ccc(-c2csc(N(C)C3CC3)n2)cc1)C(=O)N1C[C@H](F)[C@H]2OCC(=O)[C@H]21. The molecule has 2 aliphatic heterocycles. The van der Waals surface area contributed by atoms with Crippen molar-refractivity contribution < 1.29 is 23.5 Å². The van der Waals surface area contributed by atoms with Crippen molar-refractivity contribution >= 4 is 34.1 Å². The van der Waals surface area contributed by atoms with Crippen LogP contribution in [-0.2, 0) is 14.3 Å². The third-order valence-corrected chi connectivity index (χ3v) is 7.98. The predicted molar refractivity (Wildman–Crippen MR) is 135 cm³/mol. The van der Waals surface area contributed by atoms with Crippen molar-refractivity contribution in [3.63, 3.8) is 0 Å². The van der Waals surface area contributed by atoms with E-state index in [-0.39, 0.29) is 24.9 Å². The Hall–Kier alpha value is -2.85. The second-order valence-electron chi connectivity index (χ2n) is 10.3. The average molecular weight is 515 g/mol. The highest BCUT2D eigenvalue weighted by Crippen LogP contribution is 2.34. The molecule has 1 saturated carbocycles. The Morgan fingerprint density at radius 1 is 1.28 bits per heavy atom. The van der Waals surface area contributed by atoms with Gasteiger partial charge < -0.3 is 19.9 Å². The number of hydrogen-bond acceptors (Lipinski definition) is 7. The van der Waals surface area contributed by atoms with Gasteiger partial charge in [-0.15, -0.1) is 11.3 Å². The summed E-state index contributed by atoms with van der Waals surface area (Å²) in [5, 5.41) is 5.82. The molecule has 1 aromatic carbocycles. The van der Waals surface area contributed by atoms with Crippen LogP contribution in [0.5, 0.6) is 0 Å². The lowest BCUT2D eigenvalue weighted by Gasteiger charge is -2.28. The highest BCUT2D eigenvalue weighted by atomic mass is 32.1. The second-order valence-corrected chi connectivity index (χ2v) is 11.1. The topological polar surface area (TPSA) is 91.8 Å². The minimum absolute atomic E-state index is 0.101. The summed E-state index contributed by atoms with van der Waals surface area (Å²) < 4.78 is 19.7. The minimum Gasteiger partial charge on any atom is -0.365 e. The van der Waals surface area contributed by atoms with Gasteiger partial charge in [-0.05, 0) is 37.3 Å². The number of nitrogens with zero attached hydrogens (tertiary/aromatic N) is 3. The molecule has 10 heteroatoms. The van der Waals surface area contributed by atoms with Crippen molar-refractivity contribution in [2.45, 2.75) is 63.5 Å². The first-order chi connectivity index (χ1) is 17.2. The molecule has 8 nitrogen and oxygen atoms in total. The summed E-state index contributed by atoms with van der Waals surface area (Å²) in [4.78, 5) is 46.9. The van der Waals surface area contributed by atoms with Crippen LogP contribution in [0.15, 0.2) is 29.6 Å². The molecule has 3 heterocycles. The van der Waals surface area contributed by atoms with Crippen LogP contribution in [0.3, 0.4) is 0 Å². The smallest absolute Gasteiger partial charge is 0.251 e. The van der Waals surface area contributed by atoms with Crippen LogP contribution in [0.2, 0.25) is 0 Å². The van der Waals surface area contributed by atoms with Crippen LogP contribution >= 0.6 is 11.3 Å². The number of likely N-dealkylation sites (tertiary alicyclic amines) is 1. The van der Waals surface area contributed by atoms with Crippen molar-refractivity contribution in [2.75, 3.05) is 25.1 Å². The first kappa shape index (κ1) is 24.8. The summed E-state index contributed by atoms with van der Waals surface area (Å²) in [7, 11) is 2.06. The number of carbonyl (C=O) groups is 3. The van der Waals surface area contributed by atoms with E-state index in [0.29, 0.717) is 18.0 Å². The van der Waals surface area contributed by atoms with Crippen molar-refractivity contribution in [1.82, 2.24) is 15.2 Å². The molecule has 3 fully saturated rings. The van der Waals surface area contributed by atoms with Crippen LogP contribution in [0.1, 0.15) is 43.5 Å². The minimum atomic E-state index is -1.41. The summed E-state index contributed by atoms with van der Waals surface area (Å²) in [5.41, 5.74) is 2.17. The van der Waals surface area contributed by atoms with Crippen LogP contribution in [-0.4, -0.2) is 78.1 Å². The standard InChI is InChI=1S/C26H31FN4O4S/c1-14(2)10-19(25(34)31-11-18(27)23-22(31)21(32)12-35-23)28-24(33)16-6-4-15(5-7-16)20-13-36-26(29-20)30(3)17-8-9-17/h4-7,13-14,17-19,22-23H,8-12H2,1-3H3,(H,28,33)/t18-,19-,22+,23+/m0/s1. The Morgan fingerprint density at radius 3 is 2.67 bits per heavy atom. The first-order valence-electron chi connectivity index (χ1n) is 12.4. The Morgan fingerprint density at radius 2 is 2.00 bits per heavy atom. The van der Waals surface area contributed by atoms with Crippen molar-refractivity contribution in [3.05, 3.63) is 35.2 Å². The number of thiazole rings is 1. The van der Waals surface area contributed by atoms with E-state index in [1.165, 1.54) is 17.7 Å². The molecule has 1 N–H and O–H groups in total. The lowest BCUT2D eigenvalue weighted by molar-refractivity contribution is -0.138. The molecular weight excluding hydrogens is 483 g/mol. The van der Waals surface area contributed by atoms with E-state index < -0.39 is 36.2 Å².